The topological polar surface area (TPSA) is 49.2 Å². The Kier molecular flexibility index (Phi) is 8.19. The molecule has 0 spiro atoms. The first-order valence-corrected chi connectivity index (χ1v) is 10.7. The highest BCUT2D eigenvalue weighted by Gasteiger charge is 2.11. The number of allylic oxidation sites excluding steroid dienone is 1. The van der Waals surface area contributed by atoms with Gasteiger partial charge in [-0.3, -0.25) is 0 Å². The van der Waals surface area contributed by atoms with Gasteiger partial charge in [-0.05, 0) is 42.7 Å². The van der Waals surface area contributed by atoms with Crippen molar-refractivity contribution in [3.8, 4) is 11.5 Å². The molecule has 0 unspecified atom stereocenters. The third-order valence-electron chi connectivity index (χ3n) is 4.46. The number of para-hydroxylation sites is 1. The predicted molar refractivity (Wildman–Crippen MR) is 118 cm³/mol. The molecule has 3 rings (SSSR count). The molecule has 0 N–H and O–H groups in total. The van der Waals surface area contributed by atoms with Crippen LogP contribution in [0.25, 0.3) is 0 Å². The summed E-state index contributed by atoms with van der Waals surface area (Å²) in [6.45, 7) is 5.22. The maximum absolute atomic E-state index is 5.76. The van der Waals surface area contributed by atoms with Crippen LogP contribution in [0.3, 0.4) is 0 Å². The number of benzene rings is 2. The Balaban J connectivity index is 1.49. The minimum absolute atomic E-state index is 0.627. The quantitative estimate of drug-likeness (QED) is 0.244. The van der Waals surface area contributed by atoms with Crippen molar-refractivity contribution in [2.24, 2.45) is 0 Å². The second-order valence-electron chi connectivity index (χ2n) is 6.51. The zero-order valence-corrected chi connectivity index (χ0v) is 17.6. The van der Waals surface area contributed by atoms with Crippen LogP contribution in [0.5, 0.6) is 11.5 Å². The molecule has 0 saturated heterocycles. The smallest absolute Gasteiger partial charge is 0.191 e. The Morgan fingerprint density at radius 1 is 1.00 bits per heavy atom. The zero-order chi connectivity index (χ0) is 20.3. The van der Waals surface area contributed by atoms with Gasteiger partial charge in [0.2, 0.25) is 0 Å². The van der Waals surface area contributed by atoms with Gasteiger partial charge in [-0.25, -0.2) is 0 Å². The van der Waals surface area contributed by atoms with E-state index in [2.05, 4.69) is 33.5 Å². The molecule has 29 heavy (non-hydrogen) atoms. The highest BCUT2D eigenvalue weighted by molar-refractivity contribution is 7.99. The summed E-state index contributed by atoms with van der Waals surface area (Å²) >= 11 is 1.66. The van der Waals surface area contributed by atoms with E-state index in [1.165, 1.54) is 5.56 Å². The van der Waals surface area contributed by atoms with Crippen LogP contribution in [-0.4, -0.2) is 34.2 Å². The molecule has 152 valence electrons. The Morgan fingerprint density at radius 3 is 2.52 bits per heavy atom. The minimum atomic E-state index is 0.627. The van der Waals surface area contributed by atoms with Crippen molar-refractivity contribution in [1.82, 2.24) is 14.8 Å². The van der Waals surface area contributed by atoms with Gasteiger partial charge in [0, 0.05) is 18.7 Å². The van der Waals surface area contributed by atoms with Crippen LogP contribution in [0, 0.1) is 0 Å². The zero-order valence-electron chi connectivity index (χ0n) is 16.8. The molecule has 1 aromatic heterocycles. The molecule has 1 heterocycles. The van der Waals surface area contributed by atoms with Crippen molar-refractivity contribution in [3.05, 3.63) is 78.6 Å². The van der Waals surface area contributed by atoms with Crippen LogP contribution in [0.1, 0.15) is 17.8 Å². The highest BCUT2D eigenvalue weighted by atomic mass is 32.2. The van der Waals surface area contributed by atoms with Gasteiger partial charge in [0.1, 0.15) is 17.3 Å². The number of hydrogen-bond donors (Lipinski definition) is 0. The molecule has 0 aliphatic carbocycles. The molecule has 0 bridgehead atoms. The average Bonchev–Trinajstić information content (AvgIpc) is 3.14. The minimum Gasteiger partial charge on any atom is -0.497 e. The van der Waals surface area contributed by atoms with Gasteiger partial charge in [-0.2, -0.15) is 0 Å². The number of aromatic nitrogens is 3. The molecule has 0 radical (unpaired) electrons. The van der Waals surface area contributed by atoms with E-state index in [1.807, 2.05) is 48.5 Å². The van der Waals surface area contributed by atoms with Crippen LogP contribution >= 0.6 is 11.8 Å². The lowest BCUT2D eigenvalue weighted by Gasteiger charge is -2.09. The fourth-order valence-electron chi connectivity index (χ4n) is 2.98. The number of thioether (sulfide) groups is 1. The Labute approximate surface area is 176 Å². The summed E-state index contributed by atoms with van der Waals surface area (Å²) in [5, 5.41) is 9.72. The second kappa shape index (κ2) is 11.3. The summed E-state index contributed by atoms with van der Waals surface area (Å²) in [7, 11) is 1.69. The summed E-state index contributed by atoms with van der Waals surface area (Å²) in [5.74, 6) is 3.60. The van der Waals surface area contributed by atoms with Crippen LogP contribution in [0.2, 0.25) is 0 Å². The summed E-state index contributed by atoms with van der Waals surface area (Å²) in [6, 6.07) is 18.1. The van der Waals surface area contributed by atoms with Crippen LogP contribution < -0.4 is 9.47 Å². The molecule has 0 saturated carbocycles. The molecule has 0 atom stereocenters. The lowest BCUT2D eigenvalue weighted by atomic mass is 10.1. The first-order valence-electron chi connectivity index (χ1n) is 9.76. The summed E-state index contributed by atoms with van der Waals surface area (Å²) in [5.41, 5.74) is 1.30. The van der Waals surface area contributed by atoms with E-state index in [4.69, 9.17) is 9.47 Å². The molecule has 0 amide bonds. The Morgan fingerprint density at radius 2 is 1.79 bits per heavy atom. The average molecular weight is 410 g/mol. The first-order chi connectivity index (χ1) is 14.3. The van der Waals surface area contributed by atoms with Crippen molar-refractivity contribution in [2.45, 2.75) is 31.0 Å². The third kappa shape index (κ3) is 6.39. The molecular formula is C23H27N3O2S. The number of rotatable bonds is 12. The summed E-state index contributed by atoms with van der Waals surface area (Å²) in [6.07, 6.45) is 4.79. The van der Waals surface area contributed by atoms with Gasteiger partial charge in [0.25, 0.3) is 0 Å². The Hall–Kier alpha value is -2.73. The molecule has 2 aromatic carbocycles. The first kappa shape index (κ1) is 21.0. The van der Waals surface area contributed by atoms with Gasteiger partial charge in [0.05, 0.1) is 13.7 Å². The second-order valence-corrected chi connectivity index (χ2v) is 7.57. The van der Waals surface area contributed by atoms with E-state index < -0.39 is 0 Å². The standard InChI is InChI=1S/C23H27N3O2S/c1-3-16-26-22(11-7-8-19-12-14-20(27-2)15-13-19)24-25-23(26)29-18-17-28-21-9-5-4-6-10-21/h3-6,9-10,12-15H,1,7-8,11,16-18H2,2H3. The maximum atomic E-state index is 5.76. The van der Waals surface area contributed by atoms with Crippen molar-refractivity contribution in [1.29, 1.82) is 0 Å². The highest BCUT2D eigenvalue weighted by Crippen LogP contribution is 2.19. The van der Waals surface area contributed by atoms with E-state index in [0.29, 0.717) is 13.2 Å². The van der Waals surface area contributed by atoms with Gasteiger partial charge in [-0.1, -0.05) is 48.2 Å². The van der Waals surface area contributed by atoms with Gasteiger partial charge in [0.15, 0.2) is 5.16 Å². The van der Waals surface area contributed by atoms with Crippen molar-refractivity contribution < 1.29 is 9.47 Å². The Bertz CT molecular complexity index is 879. The van der Waals surface area contributed by atoms with Gasteiger partial charge >= 0.3 is 0 Å². The predicted octanol–water partition coefficient (Wildman–Crippen LogP) is 4.82. The lowest BCUT2D eigenvalue weighted by Crippen LogP contribution is -2.06. The van der Waals surface area contributed by atoms with Crippen molar-refractivity contribution in [2.75, 3.05) is 19.5 Å². The van der Waals surface area contributed by atoms with Gasteiger partial charge in [-0.15, -0.1) is 16.8 Å². The molecule has 3 aromatic rings. The maximum Gasteiger partial charge on any atom is 0.191 e. The fourth-order valence-corrected chi connectivity index (χ4v) is 3.76. The fraction of sp³-hybridized carbons (Fsp3) is 0.304. The van der Waals surface area contributed by atoms with Crippen LogP contribution in [-0.2, 0) is 19.4 Å². The van der Waals surface area contributed by atoms with E-state index in [-0.39, 0.29) is 0 Å². The van der Waals surface area contributed by atoms with Crippen molar-refractivity contribution in [3.63, 3.8) is 0 Å². The van der Waals surface area contributed by atoms with Crippen molar-refractivity contribution >= 4 is 11.8 Å². The molecule has 0 fully saturated rings. The largest absolute Gasteiger partial charge is 0.497 e. The lowest BCUT2D eigenvalue weighted by molar-refractivity contribution is 0.344. The summed E-state index contributed by atoms with van der Waals surface area (Å²) in [4.78, 5) is 0. The van der Waals surface area contributed by atoms with E-state index in [0.717, 1.165) is 47.5 Å². The molecule has 5 nitrogen and oxygen atoms in total. The number of ether oxygens (including phenoxy) is 2. The molecule has 0 aliphatic rings. The normalized spacial score (nSPS) is 10.7. The van der Waals surface area contributed by atoms with E-state index >= 15 is 0 Å². The van der Waals surface area contributed by atoms with E-state index in [9.17, 15) is 0 Å². The molecular weight excluding hydrogens is 382 g/mol. The summed E-state index contributed by atoms with van der Waals surface area (Å²) < 4.78 is 13.1. The van der Waals surface area contributed by atoms with E-state index in [1.54, 1.807) is 18.9 Å². The SMILES string of the molecule is C=CCn1c(CCCc2ccc(OC)cc2)nnc1SCCOc1ccccc1. The molecule has 6 heteroatoms. The van der Waals surface area contributed by atoms with Crippen LogP contribution in [0.4, 0.5) is 0 Å². The number of nitrogens with zero attached hydrogens (tertiary/aromatic N) is 3. The van der Waals surface area contributed by atoms with Gasteiger partial charge < -0.3 is 14.0 Å². The monoisotopic (exact) mass is 409 g/mol. The number of aryl methyl sites for hydroxylation is 2. The number of methoxy groups -OCH3 is 1. The third-order valence-corrected chi connectivity index (χ3v) is 5.39. The van der Waals surface area contributed by atoms with Crippen LogP contribution in [0.15, 0.2) is 72.4 Å². The number of hydrogen-bond acceptors (Lipinski definition) is 5. The molecule has 0 aliphatic heterocycles.